The first-order valence-electron chi connectivity index (χ1n) is 8.05. The van der Waals surface area contributed by atoms with Gasteiger partial charge in [-0.25, -0.2) is 0 Å². The van der Waals surface area contributed by atoms with Crippen LogP contribution in [0.4, 0.5) is 0 Å². The van der Waals surface area contributed by atoms with Crippen molar-refractivity contribution in [3.63, 3.8) is 0 Å². The summed E-state index contributed by atoms with van der Waals surface area (Å²) in [7, 11) is 1.92. The molecule has 0 aliphatic heterocycles. The smallest absolute Gasteiger partial charge is 0.223 e. The number of rotatable bonds is 3. The summed E-state index contributed by atoms with van der Waals surface area (Å²) < 4.78 is 1.84. The van der Waals surface area contributed by atoms with E-state index in [0.29, 0.717) is 5.92 Å². The Bertz CT molecular complexity index is 740. The Kier molecular flexibility index (Phi) is 3.60. The topological polar surface area (TPSA) is 59.8 Å². The van der Waals surface area contributed by atoms with Crippen molar-refractivity contribution in [3.8, 4) is 0 Å². The number of benzene rings is 1. The van der Waals surface area contributed by atoms with Gasteiger partial charge in [0.25, 0.3) is 0 Å². The van der Waals surface area contributed by atoms with E-state index in [-0.39, 0.29) is 17.9 Å². The molecular weight excluding hydrogens is 312 g/mol. The summed E-state index contributed by atoms with van der Waals surface area (Å²) >= 11 is 5.92. The summed E-state index contributed by atoms with van der Waals surface area (Å²) in [5, 5.41) is 12.2. The van der Waals surface area contributed by atoms with E-state index in [9.17, 15) is 4.79 Å². The van der Waals surface area contributed by atoms with Crippen LogP contribution in [0.3, 0.4) is 0 Å². The first-order chi connectivity index (χ1) is 11.1. The highest BCUT2D eigenvalue weighted by Crippen LogP contribution is 2.47. The van der Waals surface area contributed by atoms with Crippen molar-refractivity contribution < 1.29 is 4.79 Å². The molecule has 23 heavy (non-hydrogen) atoms. The number of amides is 1. The SMILES string of the molecule is Cn1nnc2c1CCC(NC(=O)[C@@H]1C[C@H]1c1ccc(Cl)cc1)C2. The molecule has 0 radical (unpaired) electrons. The molecule has 0 saturated heterocycles. The molecule has 1 aromatic heterocycles. The van der Waals surface area contributed by atoms with Crippen molar-refractivity contribution >= 4 is 17.5 Å². The Balaban J connectivity index is 1.36. The van der Waals surface area contributed by atoms with E-state index in [1.807, 2.05) is 36.0 Å². The van der Waals surface area contributed by atoms with Crippen LogP contribution in [0.15, 0.2) is 24.3 Å². The fraction of sp³-hybridized carbons (Fsp3) is 0.471. The molecule has 1 fully saturated rings. The van der Waals surface area contributed by atoms with Crippen LogP contribution < -0.4 is 5.32 Å². The van der Waals surface area contributed by atoms with Crippen LogP contribution in [0.2, 0.25) is 5.02 Å². The molecule has 1 amide bonds. The van der Waals surface area contributed by atoms with Crippen LogP contribution in [0.1, 0.15) is 35.7 Å². The van der Waals surface area contributed by atoms with Gasteiger partial charge in [0, 0.05) is 30.5 Å². The quantitative estimate of drug-likeness (QED) is 0.939. The van der Waals surface area contributed by atoms with E-state index in [1.165, 1.54) is 11.3 Å². The fourth-order valence-corrected chi connectivity index (χ4v) is 3.65. The summed E-state index contributed by atoms with van der Waals surface area (Å²) in [5.74, 6) is 0.602. The van der Waals surface area contributed by atoms with Gasteiger partial charge in [-0.2, -0.15) is 0 Å². The summed E-state index contributed by atoms with van der Waals surface area (Å²) in [6, 6.07) is 8.00. The molecule has 1 saturated carbocycles. The monoisotopic (exact) mass is 330 g/mol. The average molecular weight is 331 g/mol. The highest BCUT2D eigenvalue weighted by molar-refractivity contribution is 6.30. The molecule has 1 heterocycles. The lowest BCUT2D eigenvalue weighted by atomic mass is 9.95. The molecule has 3 atom stereocenters. The zero-order valence-corrected chi connectivity index (χ0v) is 13.8. The number of aryl methyl sites for hydroxylation is 1. The molecule has 1 aromatic carbocycles. The Hall–Kier alpha value is -1.88. The number of halogens is 1. The van der Waals surface area contributed by atoms with Gasteiger partial charge in [-0.05, 0) is 42.9 Å². The van der Waals surface area contributed by atoms with E-state index in [1.54, 1.807) is 0 Å². The van der Waals surface area contributed by atoms with E-state index in [0.717, 1.165) is 36.4 Å². The number of hydrogen-bond donors (Lipinski definition) is 1. The highest BCUT2D eigenvalue weighted by atomic mass is 35.5. The van der Waals surface area contributed by atoms with Gasteiger partial charge in [0.2, 0.25) is 5.91 Å². The van der Waals surface area contributed by atoms with Gasteiger partial charge >= 0.3 is 0 Å². The summed E-state index contributed by atoms with van der Waals surface area (Å²) in [5.41, 5.74) is 3.42. The molecule has 0 bridgehead atoms. The Labute approximate surface area is 140 Å². The number of hydrogen-bond acceptors (Lipinski definition) is 3. The second-order valence-corrected chi connectivity index (χ2v) is 6.99. The van der Waals surface area contributed by atoms with Gasteiger partial charge in [-0.15, -0.1) is 5.10 Å². The Morgan fingerprint density at radius 1 is 1.35 bits per heavy atom. The van der Waals surface area contributed by atoms with Gasteiger partial charge in [-0.3, -0.25) is 9.48 Å². The summed E-state index contributed by atoms with van der Waals surface area (Å²) in [6.07, 6.45) is 3.59. The number of carbonyl (C=O) groups excluding carboxylic acids is 1. The minimum atomic E-state index is 0.0967. The van der Waals surface area contributed by atoms with Gasteiger partial charge in [0.1, 0.15) is 0 Å². The molecule has 0 spiro atoms. The summed E-state index contributed by atoms with van der Waals surface area (Å²) in [4.78, 5) is 12.5. The molecule has 1 N–H and O–H groups in total. The number of nitrogens with one attached hydrogen (secondary N) is 1. The van der Waals surface area contributed by atoms with E-state index < -0.39 is 0 Å². The molecule has 4 rings (SSSR count). The van der Waals surface area contributed by atoms with Crippen LogP contribution in [-0.4, -0.2) is 26.9 Å². The minimum Gasteiger partial charge on any atom is -0.353 e. The standard InChI is InChI=1S/C17H19ClN4O/c1-22-16-7-6-12(8-15(16)20-21-22)19-17(23)14-9-13(14)10-2-4-11(18)5-3-10/h2-5,12-14H,6-9H2,1H3,(H,19,23)/t12?,13-,14+/m0/s1. The van der Waals surface area contributed by atoms with Crippen LogP contribution in [-0.2, 0) is 24.7 Å². The van der Waals surface area contributed by atoms with Crippen molar-refractivity contribution in [2.24, 2.45) is 13.0 Å². The van der Waals surface area contributed by atoms with Crippen molar-refractivity contribution in [3.05, 3.63) is 46.2 Å². The molecule has 2 aliphatic rings. The Morgan fingerprint density at radius 3 is 2.91 bits per heavy atom. The third-order valence-electron chi connectivity index (χ3n) is 4.96. The maximum absolute atomic E-state index is 12.5. The van der Waals surface area contributed by atoms with Crippen molar-refractivity contribution in [2.45, 2.75) is 37.6 Å². The second-order valence-electron chi connectivity index (χ2n) is 6.55. The normalized spacial score (nSPS) is 25.7. The lowest BCUT2D eigenvalue weighted by Gasteiger charge is -2.22. The number of aromatic nitrogens is 3. The van der Waals surface area contributed by atoms with E-state index >= 15 is 0 Å². The van der Waals surface area contributed by atoms with Crippen molar-refractivity contribution in [1.29, 1.82) is 0 Å². The van der Waals surface area contributed by atoms with Crippen molar-refractivity contribution in [2.75, 3.05) is 0 Å². The lowest BCUT2D eigenvalue weighted by molar-refractivity contribution is -0.123. The first kappa shape index (κ1) is 14.7. The van der Waals surface area contributed by atoms with Gasteiger partial charge in [0.15, 0.2) is 0 Å². The third-order valence-corrected chi connectivity index (χ3v) is 5.22. The largest absolute Gasteiger partial charge is 0.353 e. The molecular formula is C17H19ClN4O. The minimum absolute atomic E-state index is 0.0967. The molecule has 1 unspecified atom stereocenters. The average Bonchev–Trinajstić information content (AvgIpc) is 3.27. The number of carbonyl (C=O) groups is 1. The maximum Gasteiger partial charge on any atom is 0.223 e. The summed E-state index contributed by atoms with van der Waals surface area (Å²) in [6.45, 7) is 0. The van der Waals surface area contributed by atoms with E-state index in [2.05, 4.69) is 15.6 Å². The molecule has 120 valence electrons. The third kappa shape index (κ3) is 2.85. The van der Waals surface area contributed by atoms with Gasteiger partial charge in [-0.1, -0.05) is 28.9 Å². The predicted molar refractivity (Wildman–Crippen MR) is 87.3 cm³/mol. The number of fused-ring (bicyclic) bond motifs is 1. The molecule has 5 nitrogen and oxygen atoms in total. The highest BCUT2D eigenvalue weighted by Gasteiger charge is 2.44. The van der Waals surface area contributed by atoms with Crippen LogP contribution >= 0.6 is 11.6 Å². The lowest BCUT2D eigenvalue weighted by Crippen LogP contribution is -2.40. The van der Waals surface area contributed by atoms with Gasteiger partial charge in [0.05, 0.1) is 11.4 Å². The first-order valence-corrected chi connectivity index (χ1v) is 8.43. The number of nitrogens with zero attached hydrogens (tertiary/aromatic N) is 3. The second kappa shape index (κ2) is 5.64. The molecule has 2 aromatic rings. The zero-order valence-electron chi connectivity index (χ0n) is 13.0. The molecule has 2 aliphatic carbocycles. The fourth-order valence-electron chi connectivity index (χ4n) is 3.53. The van der Waals surface area contributed by atoms with E-state index in [4.69, 9.17) is 11.6 Å². The Morgan fingerprint density at radius 2 is 2.13 bits per heavy atom. The predicted octanol–water partition coefficient (Wildman–Crippen LogP) is 2.25. The van der Waals surface area contributed by atoms with Crippen LogP contribution in [0.5, 0.6) is 0 Å². The zero-order chi connectivity index (χ0) is 16.0. The van der Waals surface area contributed by atoms with Crippen LogP contribution in [0.25, 0.3) is 0 Å². The molecule has 6 heteroatoms. The van der Waals surface area contributed by atoms with Crippen molar-refractivity contribution in [1.82, 2.24) is 20.3 Å². The van der Waals surface area contributed by atoms with Gasteiger partial charge < -0.3 is 5.32 Å². The maximum atomic E-state index is 12.5. The van der Waals surface area contributed by atoms with Crippen LogP contribution in [0, 0.1) is 5.92 Å².